The van der Waals surface area contributed by atoms with E-state index in [1.165, 1.54) is 0 Å². The second-order valence-electron chi connectivity index (χ2n) is 5.75. The van der Waals surface area contributed by atoms with E-state index in [1.54, 1.807) is 11.8 Å². The number of hydrogen-bond acceptors (Lipinski definition) is 4. The molecule has 1 heterocycles. The Labute approximate surface area is 151 Å². The average Bonchev–Trinajstić information content (AvgIpc) is 2.57. The van der Waals surface area contributed by atoms with Gasteiger partial charge in [0, 0.05) is 41.9 Å². The van der Waals surface area contributed by atoms with Gasteiger partial charge in [-0.05, 0) is 43.0 Å². The van der Waals surface area contributed by atoms with E-state index in [0.29, 0.717) is 30.4 Å². The van der Waals surface area contributed by atoms with Crippen molar-refractivity contribution in [2.45, 2.75) is 24.2 Å². The van der Waals surface area contributed by atoms with E-state index < -0.39 is 11.9 Å². The van der Waals surface area contributed by atoms with E-state index in [0.717, 1.165) is 17.7 Å². The van der Waals surface area contributed by atoms with Crippen molar-refractivity contribution >= 4 is 35.2 Å². The zero-order valence-electron chi connectivity index (χ0n) is 13.4. The molecule has 132 valence electrons. The molecule has 1 fully saturated rings. The summed E-state index contributed by atoms with van der Waals surface area (Å²) in [5, 5.41) is 12.8. The first-order valence-electron chi connectivity index (χ1n) is 8.02. The van der Waals surface area contributed by atoms with Gasteiger partial charge in [-0.3, -0.25) is 9.59 Å². The summed E-state index contributed by atoms with van der Waals surface area (Å²) >= 11 is 7.40. The van der Waals surface area contributed by atoms with Gasteiger partial charge >= 0.3 is 5.97 Å². The standard InChI is InChI=1S/C17H22ClNO4S/c18-13-1-3-14(4-2-13)24-10-7-16(20)19-11-15(17(21)22)12-5-8-23-9-6-12/h1-4,12,15H,5-11H2,(H,19,20)(H,21,22). The lowest BCUT2D eigenvalue weighted by Gasteiger charge is -2.27. The van der Waals surface area contributed by atoms with Gasteiger partial charge in [-0.25, -0.2) is 0 Å². The van der Waals surface area contributed by atoms with E-state index in [9.17, 15) is 14.7 Å². The van der Waals surface area contributed by atoms with Crippen molar-refractivity contribution in [3.05, 3.63) is 29.3 Å². The van der Waals surface area contributed by atoms with Gasteiger partial charge in [0.05, 0.1) is 5.92 Å². The summed E-state index contributed by atoms with van der Waals surface area (Å²) in [7, 11) is 0. The number of halogens is 1. The summed E-state index contributed by atoms with van der Waals surface area (Å²) in [5.74, 6) is -0.795. The number of nitrogens with one attached hydrogen (secondary N) is 1. The highest BCUT2D eigenvalue weighted by atomic mass is 35.5. The van der Waals surface area contributed by atoms with Crippen LogP contribution in [0.2, 0.25) is 5.02 Å². The summed E-state index contributed by atoms with van der Waals surface area (Å²) in [4.78, 5) is 24.4. The van der Waals surface area contributed by atoms with Crippen LogP contribution in [0.5, 0.6) is 0 Å². The lowest BCUT2D eigenvalue weighted by molar-refractivity contribution is -0.144. The maximum absolute atomic E-state index is 11.9. The first kappa shape index (κ1) is 19.1. The van der Waals surface area contributed by atoms with Gasteiger partial charge in [-0.2, -0.15) is 0 Å². The van der Waals surface area contributed by atoms with Crippen LogP contribution in [-0.2, 0) is 14.3 Å². The Hall–Kier alpha value is -1.24. The highest BCUT2D eigenvalue weighted by Gasteiger charge is 2.29. The van der Waals surface area contributed by atoms with Crippen molar-refractivity contribution in [2.75, 3.05) is 25.5 Å². The SMILES string of the molecule is O=C(CCSc1ccc(Cl)cc1)NCC(C(=O)O)C1CCOCC1. The number of aliphatic carboxylic acids is 1. The minimum Gasteiger partial charge on any atom is -0.481 e. The lowest BCUT2D eigenvalue weighted by Crippen LogP contribution is -2.39. The highest BCUT2D eigenvalue weighted by molar-refractivity contribution is 7.99. The molecule has 0 saturated carbocycles. The van der Waals surface area contributed by atoms with E-state index in [-0.39, 0.29) is 18.4 Å². The fourth-order valence-electron chi connectivity index (χ4n) is 2.68. The molecule has 0 aromatic heterocycles. The van der Waals surface area contributed by atoms with Crippen molar-refractivity contribution in [3.8, 4) is 0 Å². The minimum absolute atomic E-state index is 0.0694. The molecule has 0 radical (unpaired) electrons. The van der Waals surface area contributed by atoms with Crippen LogP contribution in [0, 0.1) is 11.8 Å². The number of ether oxygens (including phenoxy) is 1. The molecular weight excluding hydrogens is 350 g/mol. The van der Waals surface area contributed by atoms with E-state index in [4.69, 9.17) is 16.3 Å². The largest absolute Gasteiger partial charge is 0.481 e. The predicted molar refractivity (Wildman–Crippen MR) is 94.5 cm³/mol. The van der Waals surface area contributed by atoms with Crippen molar-refractivity contribution in [1.29, 1.82) is 0 Å². The molecule has 1 saturated heterocycles. The quantitative estimate of drug-likeness (QED) is 0.687. The summed E-state index contributed by atoms with van der Waals surface area (Å²) in [6, 6.07) is 7.46. The zero-order valence-corrected chi connectivity index (χ0v) is 14.9. The van der Waals surface area contributed by atoms with Crippen molar-refractivity contribution < 1.29 is 19.4 Å². The lowest BCUT2D eigenvalue weighted by atomic mass is 9.86. The third-order valence-electron chi connectivity index (χ3n) is 4.08. The van der Waals surface area contributed by atoms with Gasteiger partial charge in [0.1, 0.15) is 0 Å². The Morgan fingerprint density at radius 2 is 1.96 bits per heavy atom. The molecule has 1 aromatic rings. The molecule has 1 amide bonds. The molecular formula is C17H22ClNO4S. The Morgan fingerprint density at radius 3 is 2.58 bits per heavy atom. The van der Waals surface area contributed by atoms with Crippen LogP contribution in [0.1, 0.15) is 19.3 Å². The third kappa shape index (κ3) is 6.34. The van der Waals surface area contributed by atoms with Crippen LogP contribution in [0.3, 0.4) is 0 Å². The first-order chi connectivity index (χ1) is 11.6. The molecule has 1 unspecified atom stereocenters. The molecule has 2 N–H and O–H groups in total. The van der Waals surface area contributed by atoms with E-state index in [2.05, 4.69) is 5.32 Å². The second kappa shape index (κ2) is 9.91. The number of benzene rings is 1. The summed E-state index contributed by atoms with van der Waals surface area (Å²) in [6.07, 6.45) is 1.83. The smallest absolute Gasteiger partial charge is 0.308 e. The molecule has 24 heavy (non-hydrogen) atoms. The van der Waals surface area contributed by atoms with Crippen LogP contribution in [0.4, 0.5) is 0 Å². The number of carbonyl (C=O) groups is 2. The normalized spacial score (nSPS) is 16.5. The highest BCUT2D eigenvalue weighted by Crippen LogP contribution is 2.24. The summed E-state index contributed by atoms with van der Waals surface area (Å²) < 4.78 is 5.27. The van der Waals surface area contributed by atoms with Gasteiger partial charge in [-0.15, -0.1) is 11.8 Å². The molecule has 1 aliphatic rings. The van der Waals surface area contributed by atoms with Crippen LogP contribution >= 0.6 is 23.4 Å². The third-order valence-corrected chi connectivity index (χ3v) is 5.35. The predicted octanol–water partition coefficient (Wildman–Crippen LogP) is 3.07. The van der Waals surface area contributed by atoms with Gasteiger partial charge < -0.3 is 15.2 Å². The molecule has 0 aliphatic carbocycles. The van der Waals surface area contributed by atoms with Crippen molar-refractivity contribution in [1.82, 2.24) is 5.32 Å². The number of amides is 1. The number of hydrogen-bond donors (Lipinski definition) is 2. The first-order valence-corrected chi connectivity index (χ1v) is 9.38. The van der Waals surface area contributed by atoms with Gasteiger partial charge in [0.15, 0.2) is 0 Å². The molecule has 7 heteroatoms. The van der Waals surface area contributed by atoms with Crippen LogP contribution < -0.4 is 5.32 Å². The van der Waals surface area contributed by atoms with Gasteiger partial charge in [0.2, 0.25) is 5.91 Å². The number of thioether (sulfide) groups is 1. The minimum atomic E-state index is -0.849. The van der Waals surface area contributed by atoms with Gasteiger partial charge in [0.25, 0.3) is 0 Å². The molecule has 5 nitrogen and oxygen atoms in total. The molecule has 0 bridgehead atoms. The summed E-state index contributed by atoms with van der Waals surface area (Å²) in [6.45, 7) is 1.38. The second-order valence-corrected chi connectivity index (χ2v) is 7.36. The van der Waals surface area contributed by atoms with E-state index in [1.807, 2.05) is 24.3 Å². The van der Waals surface area contributed by atoms with Crippen LogP contribution in [0.25, 0.3) is 0 Å². The fraction of sp³-hybridized carbons (Fsp3) is 0.529. The zero-order chi connectivity index (χ0) is 17.4. The molecule has 0 spiro atoms. The Kier molecular flexibility index (Phi) is 7.88. The fourth-order valence-corrected chi connectivity index (χ4v) is 3.66. The Morgan fingerprint density at radius 1 is 1.29 bits per heavy atom. The van der Waals surface area contributed by atoms with E-state index >= 15 is 0 Å². The Balaban J connectivity index is 1.70. The molecule has 2 rings (SSSR count). The average molecular weight is 372 g/mol. The maximum Gasteiger partial charge on any atom is 0.308 e. The summed E-state index contributed by atoms with van der Waals surface area (Å²) in [5.41, 5.74) is 0. The van der Waals surface area contributed by atoms with Crippen LogP contribution in [0.15, 0.2) is 29.2 Å². The van der Waals surface area contributed by atoms with Gasteiger partial charge in [-0.1, -0.05) is 11.6 Å². The molecule has 1 aliphatic heterocycles. The van der Waals surface area contributed by atoms with Crippen LogP contribution in [-0.4, -0.2) is 42.5 Å². The monoisotopic (exact) mass is 371 g/mol. The topological polar surface area (TPSA) is 75.6 Å². The number of carboxylic acid groups (broad SMARTS) is 1. The molecule has 1 atom stereocenters. The number of carbonyl (C=O) groups excluding carboxylic acids is 1. The molecule has 1 aromatic carbocycles. The van der Waals surface area contributed by atoms with Crippen molar-refractivity contribution in [3.63, 3.8) is 0 Å². The number of carboxylic acids is 1. The Bertz CT molecular complexity index is 546. The van der Waals surface area contributed by atoms with Crippen molar-refractivity contribution in [2.24, 2.45) is 11.8 Å². The number of rotatable bonds is 8. The maximum atomic E-state index is 11.9.